The molecule has 0 saturated carbocycles. The number of fused-ring (bicyclic) bond motifs is 1. The highest BCUT2D eigenvalue weighted by Gasteiger charge is 2.17. The van der Waals surface area contributed by atoms with Crippen LogP contribution < -0.4 is 4.90 Å². The van der Waals surface area contributed by atoms with Gasteiger partial charge in [-0.05, 0) is 39.6 Å². The first-order chi connectivity index (χ1) is 16.6. The van der Waals surface area contributed by atoms with Gasteiger partial charge in [-0.25, -0.2) is 10.1 Å². The lowest BCUT2D eigenvalue weighted by molar-refractivity contribution is -0.135. The molecule has 0 radical (unpaired) electrons. The van der Waals surface area contributed by atoms with Gasteiger partial charge in [-0.2, -0.15) is 9.61 Å². The van der Waals surface area contributed by atoms with E-state index in [1.54, 1.807) is 21.7 Å². The minimum Gasteiger partial charge on any atom is -0.480 e. The topological polar surface area (TPSA) is 125 Å². The number of H-pyrrole nitrogens is 1. The van der Waals surface area contributed by atoms with Gasteiger partial charge >= 0.3 is 5.97 Å². The lowest BCUT2D eigenvalue weighted by Crippen LogP contribution is -2.31. The van der Waals surface area contributed by atoms with Crippen LogP contribution in [-0.4, -0.2) is 52.8 Å². The SMILES string of the molecule is CCc1cc2nccc(N(CC(=O)O)Cc3ccc(-c4ccccc4-c4nnn[nH]4)cc3)n2n1. The number of nitrogens with one attached hydrogen (secondary N) is 1. The molecule has 34 heavy (non-hydrogen) atoms. The van der Waals surface area contributed by atoms with E-state index in [0.717, 1.165) is 34.4 Å². The Kier molecular flexibility index (Phi) is 5.69. The Morgan fingerprint density at radius 2 is 1.88 bits per heavy atom. The first kappa shape index (κ1) is 21.3. The Morgan fingerprint density at radius 1 is 1.09 bits per heavy atom. The molecule has 0 fully saturated rings. The number of aliphatic carboxylic acids is 1. The molecular weight excluding hydrogens is 432 g/mol. The summed E-state index contributed by atoms with van der Waals surface area (Å²) in [6.45, 7) is 2.26. The van der Waals surface area contributed by atoms with Gasteiger partial charge in [0.2, 0.25) is 0 Å². The number of tetrazole rings is 1. The Labute approximate surface area is 194 Å². The molecule has 0 unspecified atom stereocenters. The lowest BCUT2D eigenvalue weighted by Gasteiger charge is -2.23. The number of hydrogen-bond acceptors (Lipinski definition) is 7. The summed E-state index contributed by atoms with van der Waals surface area (Å²) in [6, 6.07) is 19.6. The van der Waals surface area contributed by atoms with Crippen LogP contribution >= 0.6 is 0 Å². The minimum atomic E-state index is -0.918. The number of aryl methyl sites for hydroxylation is 1. The summed E-state index contributed by atoms with van der Waals surface area (Å²) in [7, 11) is 0. The van der Waals surface area contributed by atoms with Gasteiger partial charge in [0.25, 0.3) is 0 Å². The lowest BCUT2D eigenvalue weighted by atomic mass is 9.98. The summed E-state index contributed by atoms with van der Waals surface area (Å²) in [5.41, 5.74) is 5.47. The predicted molar refractivity (Wildman–Crippen MR) is 126 cm³/mol. The molecular formula is C24H22N8O2. The van der Waals surface area contributed by atoms with E-state index in [1.807, 2.05) is 61.5 Å². The number of rotatable bonds is 8. The molecule has 10 heteroatoms. The fourth-order valence-electron chi connectivity index (χ4n) is 3.95. The number of carbonyl (C=O) groups is 1. The van der Waals surface area contributed by atoms with E-state index in [1.165, 1.54) is 0 Å². The summed E-state index contributed by atoms with van der Waals surface area (Å²) in [4.78, 5) is 17.8. The summed E-state index contributed by atoms with van der Waals surface area (Å²) in [5, 5.41) is 28.3. The standard InChI is InChI=1S/C24H22N8O2/c1-2-18-13-21-25-12-11-22(32(21)28-18)31(15-23(33)34)14-16-7-9-17(10-8-16)19-5-3-4-6-20(19)24-26-29-30-27-24/h3-13H,2,14-15H2,1H3,(H,33,34)(H,26,27,29,30). The van der Waals surface area contributed by atoms with Gasteiger partial charge in [0.05, 0.1) is 5.69 Å². The van der Waals surface area contributed by atoms with Gasteiger partial charge in [-0.3, -0.25) is 4.79 Å². The first-order valence-electron chi connectivity index (χ1n) is 10.8. The van der Waals surface area contributed by atoms with Gasteiger partial charge in [0, 0.05) is 24.4 Å². The Morgan fingerprint density at radius 3 is 2.59 bits per heavy atom. The molecule has 0 amide bonds. The maximum atomic E-state index is 11.7. The van der Waals surface area contributed by atoms with Crippen molar-refractivity contribution in [2.75, 3.05) is 11.4 Å². The van der Waals surface area contributed by atoms with Crippen LogP contribution in [-0.2, 0) is 17.8 Å². The van der Waals surface area contributed by atoms with Crippen molar-refractivity contribution in [1.82, 2.24) is 35.2 Å². The van der Waals surface area contributed by atoms with Crippen molar-refractivity contribution >= 4 is 17.4 Å². The fraction of sp³-hybridized carbons (Fsp3) is 0.167. The minimum absolute atomic E-state index is 0.163. The molecule has 0 spiro atoms. The molecule has 0 aliphatic rings. The molecule has 0 atom stereocenters. The molecule has 0 bridgehead atoms. The van der Waals surface area contributed by atoms with E-state index in [4.69, 9.17) is 0 Å². The van der Waals surface area contributed by atoms with Crippen LogP contribution in [0.2, 0.25) is 0 Å². The second kappa shape index (κ2) is 9.10. The normalized spacial score (nSPS) is 11.1. The number of anilines is 1. The van der Waals surface area contributed by atoms with E-state index in [9.17, 15) is 9.90 Å². The van der Waals surface area contributed by atoms with Crippen LogP contribution in [0.25, 0.3) is 28.2 Å². The highest BCUT2D eigenvalue weighted by atomic mass is 16.4. The quantitative estimate of drug-likeness (QED) is 0.366. The van der Waals surface area contributed by atoms with Crippen LogP contribution in [0.1, 0.15) is 18.2 Å². The third-order valence-electron chi connectivity index (χ3n) is 5.57. The molecule has 0 aliphatic heterocycles. The molecule has 3 heterocycles. The average molecular weight is 454 g/mol. The molecule has 5 aromatic rings. The Balaban J connectivity index is 1.46. The van der Waals surface area contributed by atoms with Crippen LogP contribution in [0.4, 0.5) is 5.82 Å². The monoisotopic (exact) mass is 454 g/mol. The van der Waals surface area contributed by atoms with E-state index < -0.39 is 5.97 Å². The number of benzene rings is 2. The van der Waals surface area contributed by atoms with Crippen LogP contribution in [0.3, 0.4) is 0 Å². The maximum absolute atomic E-state index is 11.7. The van der Waals surface area contributed by atoms with Crippen LogP contribution in [0, 0.1) is 0 Å². The van der Waals surface area contributed by atoms with Crippen molar-refractivity contribution in [1.29, 1.82) is 0 Å². The van der Waals surface area contributed by atoms with Gasteiger partial charge in [0.15, 0.2) is 11.5 Å². The van der Waals surface area contributed by atoms with Gasteiger partial charge < -0.3 is 10.0 Å². The number of aromatic nitrogens is 7. The molecule has 3 aromatic heterocycles. The largest absolute Gasteiger partial charge is 0.480 e. The van der Waals surface area contributed by atoms with Crippen LogP contribution in [0.15, 0.2) is 66.9 Å². The van der Waals surface area contributed by atoms with Crippen molar-refractivity contribution in [2.45, 2.75) is 19.9 Å². The van der Waals surface area contributed by atoms with Crippen molar-refractivity contribution in [3.63, 3.8) is 0 Å². The fourth-order valence-corrected chi connectivity index (χ4v) is 3.95. The van der Waals surface area contributed by atoms with Crippen LogP contribution in [0.5, 0.6) is 0 Å². The summed E-state index contributed by atoms with van der Waals surface area (Å²) < 4.78 is 1.71. The molecule has 5 rings (SSSR count). The first-order valence-corrected chi connectivity index (χ1v) is 10.8. The van der Waals surface area contributed by atoms with Gasteiger partial charge in [0.1, 0.15) is 12.4 Å². The van der Waals surface area contributed by atoms with Crippen molar-refractivity contribution in [2.24, 2.45) is 0 Å². The zero-order valence-corrected chi connectivity index (χ0v) is 18.5. The highest BCUT2D eigenvalue weighted by molar-refractivity contribution is 5.80. The third kappa shape index (κ3) is 4.20. The summed E-state index contributed by atoms with van der Waals surface area (Å²) in [6.07, 6.45) is 2.45. The third-order valence-corrected chi connectivity index (χ3v) is 5.57. The van der Waals surface area contributed by atoms with E-state index in [0.29, 0.717) is 23.8 Å². The molecule has 10 nitrogen and oxygen atoms in total. The average Bonchev–Trinajstić information content (AvgIpc) is 3.54. The predicted octanol–water partition coefficient (Wildman–Crippen LogP) is 3.23. The second-order valence-corrected chi connectivity index (χ2v) is 7.80. The second-order valence-electron chi connectivity index (χ2n) is 7.80. The van der Waals surface area contributed by atoms with Crippen molar-refractivity contribution < 1.29 is 9.90 Å². The summed E-state index contributed by atoms with van der Waals surface area (Å²) in [5.74, 6) is 0.359. The zero-order chi connectivity index (χ0) is 23.5. The molecule has 2 aromatic carbocycles. The Bertz CT molecular complexity index is 1430. The number of nitrogens with zero attached hydrogens (tertiary/aromatic N) is 7. The molecule has 0 aliphatic carbocycles. The highest BCUT2D eigenvalue weighted by Crippen LogP contribution is 2.30. The van der Waals surface area contributed by atoms with Gasteiger partial charge in [-0.15, -0.1) is 5.10 Å². The number of aromatic amines is 1. The number of hydrogen-bond donors (Lipinski definition) is 2. The van der Waals surface area contributed by atoms with Crippen molar-refractivity contribution in [3.8, 4) is 22.5 Å². The molecule has 170 valence electrons. The van der Waals surface area contributed by atoms with E-state index >= 15 is 0 Å². The maximum Gasteiger partial charge on any atom is 0.323 e. The van der Waals surface area contributed by atoms with Gasteiger partial charge in [-0.1, -0.05) is 55.5 Å². The molecule has 2 N–H and O–H groups in total. The zero-order valence-electron chi connectivity index (χ0n) is 18.5. The Hall–Kier alpha value is -4.60. The summed E-state index contributed by atoms with van der Waals surface area (Å²) >= 11 is 0. The molecule has 0 saturated heterocycles. The van der Waals surface area contributed by atoms with Crippen molar-refractivity contribution in [3.05, 3.63) is 78.1 Å². The number of carboxylic acids is 1. The smallest absolute Gasteiger partial charge is 0.323 e. The van der Waals surface area contributed by atoms with E-state index in [2.05, 4.69) is 30.7 Å². The van der Waals surface area contributed by atoms with E-state index in [-0.39, 0.29) is 6.54 Å². The number of carboxylic acid groups (broad SMARTS) is 1.